The zero-order valence-corrected chi connectivity index (χ0v) is 8.85. The third-order valence-corrected chi connectivity index (χ3v) is 2.43. The van der Waals surface area contributed by atoms with Crippen molar-refractivity contribution in [3.8, 4) is 0 Å². The Balaban J connectivity index is 3.84. The number of rotatable bonds is 4. The fourth-order valence-corrected chi connectivity index (χ4v) is 0.719. The first-order valence-electron chi connectivity index (χ1n) is 4.79. The first-order valence-corrected chi connectivity index (χ1v) is 4.79. The number of hydrogen-bond donors (Lipinski definition) is 1. The molecule has 0 unspecified atom stereocenters. The summed E-state index contributed by atoms with van der Waals surface area (Å²) in [5.74, 6) is 0.836. The Morgan fingerprint density at radius 3 is 2.08 bits per heavy atom. The van der Waals surface area contributed by atoms with Crippen molar-refractivity contribution in [3.63, 3.8) is 0 Å². The largest absolute Gasteiger partial charge is 0.353 e. The number of amides is 1. The molecule has 0 aromatic carbocycles. The smallest absolute Gasteiger partial charge is 0.223 e. The third-order valence-electron chi connectivity index (χ3n) is 2.43. The molecule has 0 radical (unpaired) electrons. The van der Waals surface area contributed by atoms with Gasteiger partial charge < -0.3 is 5.32 Å². The predicted molar refractivity (Wildman–Crippen MR) is 51.9 cm³/mol. The van der Waals surface area contributed by atoms with Crippen LogP contribution in [0.2, 0.25) is 0 Å². The van der Waals surface area contributed by atoms with Gasteiger partial charge in [-0.15, -0.1) is 0 Å². The molecule has 12 heavy (non-hydrogen) atoms. The second kappa shape index (κ2) is 5.18. The Morgan fingerprint density at radius 2 is 1.75 bits per heavy atom. The van der Waals surface area contributed by atoms with Crippen molar-refractivity contribution < 1.29 is 4.79 Å². The fourth-order valence-electron chi connectivity index (χ4n) is 0.719. The van der Waals surface area contributed by atoms with Crippen molar-refractivity contribution in [2.45, 2.75) is 47.1 Å². The Kier molecular flexibility index (Phi) is 4.95. The molecule has 0 aromatic rings. The zero-order chi connectivity index (χ0) is 9.72. The Morgan fingerprint density at radius 1 is 1.25 bits per heavy atom. The molecular formula is C10H21NO. The molecule has 0 heterocycles. The van der Waals surface area contributed by atoms with Crippen LogP contribution in [0.4, 0.5) is 0 Å². The molecule has 0 aliphatic carbocycles. The summed E-state index contributed by atoms with van der Waals surface area (Å²) < 4.78 is 0. The highest BCUT2D eigenvalue weighted by molar-refractivity contribution is 5.78. The summed E-state index contributed by atoms with van der Waals surface area (Å²) in [5, 5.41) is 2.99. The van der Waals surface area contributed by atoms with Gasteiger partial charge in [0.05, 0.1) is 0 Å². The average Bonchev–Trinajstić information content (AvgIpc) is 2.02. The van der Waals surface area contributed by atoms with Crippen LogP contribution >= 0.6 is 0 Å². The zero-order valence-electron chi connectivity index (χ0n) is 8.85. The lowest BCUT2D eigenvalue weighted by atomic mass is 10.0. The number of nitrogens with one attached hydrogen (secondary N) is 1. The molecule has 0 aliphatic heterocycles. The number of carbonyl (C=O) groups is 1. The van der Waals surface area contributed by atoms with E-state index in [1.807, 2.05) is 20.8 Å². The van der Waals surface area contributed by atoms with Gasteiger partial charge in [-0.05, 0) is 19.3 Å². The Bertz CT molecular complexity index is 143. The van der Waals surface area contributed by atoms with Gasteiger partial charge in [0.1, 0.15) is 0 Å². The lowest BCUT2D eigenvalue weighted by molar-refractivity contribution is -0.125. The average molecular weight is 171 g/mol. The molecule has 1 N–H and O–H groups in total. The summed E-state index contributed by atoms with van der Waals surface area (Å²) in [6.45, 7) is 10.3. The number of hydrogen-bond acceptors (Lipinski definition) is 1. The standard InChI is InChI=1S/C10H21NO/c1-6-8(4)10(12)11-9(5)7(2)3/h7-9H,6H2,1-5H3,(H,11,12)/t8-,9+/m0/s1. The lowest BCUT2D eigenvalue weighted by Gasteiger charge is -2.19. The summed E-state index contributed by atoms with van der Waals surface area (Å²) in [6, 6.07) is 0.284. The maximum atomic E-state index is 11.4. The molecule has 2 atom stereocenters. The molecule has 0 spiro atoms. The van der Waals surface area contributed by atoms with E-state index < -0.39 is 0 Å². The molecular weight excluding hydrogens is 150 g/mol. The molecule has 0 bridgehead atoms. The summed E-state index contributed by atoms with van der Waals surface area (Å²) in [6.07, 6.45) is 0.913. The van der Waals surface area contributed by atoms with Gasteiger partial charge >= 0.3 is 0 Å². The van der Waals surface area contributed by atoms with E-state index >= 15 is 0 Å². The monoisotopic (exact) mass is 171 g/mol. The van der Waals surface area contributed by atoms with E-state index in [9.17, 15) is 4.79 Å². The molecule has 0 fully saturated rings. The van der Waals surface area contributed by atoms with Crippen LogP contribution in [0.25, 0.3) is 0 Å². The van der Waals surface area contributed by atoms with E-state index in [0.717, 1.165) is 6.42 Å². The SMILES string of the molecule is CC[C@H](C)C(=O)N[C@H](C)C(C)C. The van der Waals surface area contributed by atoms with Crippen molar-refractivity contribution in [2.24, 2.45) is 11.8 Å². The quantitative estimate of drug-likeness (QED) is 0.690. The van der Waals surface area contributed by atoms with Crippen LogP contribution in [0.5, 0.6) is 0 Å². The van der Waals surface area contributed by atoms with E-state index in [4.69, 9.17) is 0 Å². The highest BCUT2D eigenvalue weighted by atomic mass is 16.1. The van der Waals surface area contributed by atoms with E-state index in [1.165, 1.54) is 0 Å². The topological polar surface area (TPSA) is 29.1 Å². The normalized spacial score (nSPS) is 15.8. The predicted octanol–water partition coefficient (Wildman–Crippen LogP) is 2.19. The van der Waals surface area contributed by atoms with Gasteiger partial charge in [-0.2, -0.15) is 0 Å². The van der Waals surface area contributed by atoms with Crippen LogP contribution in [-0.2, 0) is 4.79 Å². The molecule has 0 aromatic heterocycles. The van der Waals surface area contributed by atoms with E-state index in [-0.39, 0.29) is 17.9 Å². The maximum Gasteiger partial charge on any atom is 0.223 e. The van der Waals surface area contributed by atoms with Crippen molar-refractivity contribution in [2.75, 3.05) is 0 Å². The van der Waals surface area contributed by atoms with E-state index in [2.05, 4.69) is 19.2 Å². The first kappa shape index (κ1) is 11.5. The summed E-state index contributed by atoms with van der Waals surface area (Å²) in [7, 11) is 0. The van der Waals surface area contributed by atoms with Crippen LogP contribution in [0, 0.1) is 11.8 Å². The van der Waals surface area contributed by atoms with Gasteiger partial charge in [-0.1, -0.05) is 27.7 Å². The fraction of sp³-hybridized carbons (Fsp3) is 0.900. The van der Waals surface area contributed by atoms with Crippen LogP contribution in [-0.4, -0.2) is 11.9 Å². The Hall–Kier alpha value is -0.530. The van der Waals surface area contributed by atoms with E-state index in [1.54, 1.807) is 0 Å². The van der Waals surface area contributed by atoms with Crippen LogP contribution in [0.3, 0.4) is 0 Å². The minimum atomic E-state index is 0.145. The molecule has 0 rings (SSSR count). The molecule has 0 saturated carbocycles. The summed E-state index contributed by atoms with van der Waals surface area (Å²) in [5.41, 5.74) is 0. The van der Waals surface area contributed by atoms with E-state index in [0.29, 0.717) is 5.92 Å². The van der Waals surface area contributed by atoms with Crippen molar-refractivity contribution >= 4 is 5.91 Å². The van der Waals surface area contributed by atoms with Crippen molar-refractivity contribution in [3.05, 3.63) is 0 Å². The van der Waals surface area contributed by atoms with Crippen LogP contribution in [0.1, 0.15) is 41.0 Å². The minimum absolute atomic E-state index is 0.145. The second-order valence-electron chi connectivity index (χ2n) is 3.85. The van der Waals surface area contributed by atoms with Gasteiger partial charge in [0, 0.05) is 12.0 Å². The molecule has 1 amide bonds. The van der Waals surface area contributed by atoms with Gasteiger partial charge in [-0.3, -0.25) is 4.79 Å². The molecule has 2 nitrogen and oxygen atoms in total. The maximum absolute atomic E-state index is 11.4. The minimum Gasteiger partial charge on any atom is -0.353 e. The summed E-state index contributed by atoms with van der Waals surface area (Å²) in [4.78, 5) is 11.4. The van der Waals surface area contributed by atoms with Gasteiger partial charge in [0.15, 0.2) is 0 Å². The van der Waals surface area contributed by atoms with Crippen LogP contribution < -0.4 is 5.32 Å². The highest BCUT2D eigenvalue weighted by Gasteiger charge is 2.14. The lowest BCUT2D eigenvalue weighted by Crippen LogP contribution is -2.39. The Labute approximate surface area is 75.7 Å². The van der Waals surface area contributed by atoms with Gasteiger partial charge in [-0.25, -0.2) is 0 Å². The highest BCUT2D eigenvalue weighted by Crippen LogP contribution is 2.04. The molecule has 0 saturated heterocycles. The van der Waals surface area contributed by atoms with Crippen molar-refractivity contribution in [1.82, 2.24) is 5.32 Å². The van der Waals surface area contributed by atoms with Crippen LogP contribution in [0.15, 0.2) is 0 Å². The van der Waals surface area contributed by atoms with Gasteiger partial charge in [0.25, 0.3) is 0 Å². The molecule has 72 valence electrons. The number of carbonyl (C=O) groups excluding carboxylic acids is 1. The summed E-state index contributed by atoms with van der Waals surface area (Å²) >= 11 is 0. The van der Waals surface area contributed by atoms with Crippen molar-refractivity contribution in [1.29, 1.82) is 0 Å². The molecule has 0 aliphatic rings. The first-order chi connectivity index (χ1) is 5.49. The molecule has 2 heteroatoms. The second-order valence-corrected chi connectivity index (χ2v) is 3.85. The third kappa shape index (κ3) is 3.74. The van der Waals surface area contributed by atoms with Gasteiger partial charge in [0.2, 0.25) is 5.91 Å².